The van der Waals surface area contributed by atoms with Crippen LogP contribution in [0.4, 0.5) is 5.69 Å². The lowest BCUT2D eigenvalue weighted by Crippen LogP contribution is -2.28. The number of carbonyl (C=O) groups is 2. The molecule has 0 aromatic heterocycles. The van der Waals surface area contributed by atoms with Gasteiger partial charge in [0.25, 0.3) is 0 Å². The molecule has 1 aliphatic heterocycles. The molecule has 0 atom stereocenters. The van der Waals surface area contributed by atoms with Crippen molar-refractivity contribution in [3.8, 4) is 5.75 Å². The van der Waals surface area contributed by atoms with E-state index in [0.717, 1.165) is 12.8 Å². The molecule has 114 valence electrons. The van der Waals surface area contributed by atoms with Crippen LogP contribution in [0.2, 0.25) is 0 Å². The maximum absolute atomic E-state index is 12.1. The average Bonchev–Trinajstić information content (AvgIpc) is 2.53. The third-order valence-corrected chi connectivity index (χ3v) is 3.28. The van der Waals surface area contributed by atoms with Gasteiger partial charge in [0.2, 0.25) is 5.91 Å². The number of methoxy groups -OCH3 is 1. The Kier molecular flexibility index (Phi) is 5.57. The summed E-state index contributed by atoms with van der Waals surface area (Å²) in [4.78, 5) is 23.1. The summed E-state index contributed by atoms with van der Waals surface area (Å²) in [6.45, 7) is 1.09. The summed E-state index contributed by atoms with van der Waals surface area (Å²) in [5.41, 5.74) is 0.647. The highest BCUT2D eigenvalue weighted by atomic mass is 16.6. The van der Waals surface area contributed by atoms with Crippen LogP contribution in [-0.4, -0.2) is 38.8 Å². The zero-order chi connectivity index (χ0) is 15.1. The second kappa shape index (κ2) is 7.64. The van der Waals surface area contributed by atoms with Crippen molar-refractivity contribution in [1.29, 1.82) is 0 Å². The molecule has 1 aromatic carbocycles. The van der Waals surface area contributed by atoms with Crippen LogP contribution in [0.5, 0.6) is 5.75 Å². The molecule has 2 rings (SSSR count). The number of nitrogens with one attached hydrogen (secondary N) is 1. The summed E-state index contributed by atoms with van der Waals surface area (Å²) in [6, 6.07) is 6.93. The number of rotatable bonds is 5. The van der Waals surface area contributed by atoms with Crippen LogP contribution >= 0.6 is 0 Å². The second-order valence-electron chi connectivity index (χ2n) is 4.77. The molecule has 0 bridgehead atoms. The van der Waals surface area contributed by atoms with E-state index in [1.807, 2.05) is 0 Å². The summed E-state index contributed by atoms with van der Waals surface area (Å²) in [6.07, 6.45) is 1.48. The van der Waals surface area contributed by atoms with Crippen molar-refractivity contribution in [3.05, 3.63) is 24.3 Å². The first-order chi connectivity index (χ1) is 10.2. The van der Waals surface area contributed by atoms with Gasteiger partial charge in [0.1, 0.15) is 5.75 Å². The van der Waals surface area contributed by atoms with E-state index in [9.17, 15) is 9.59 Å². The average molecular weight is 293 g/mol. The SMILES string of the molecule is COC(=O)COc1cccc(NC(=O)C2CCOCC2)c1. The normalized spacial score (nSPS) is 15.3. The number of carbonyl (C=O) groups excluding carboxylic acids is 2. The fourth-order valence-electron chi connectivity index (χ4n) is 2.07. The van der Waals surface area contributed by atoms with Crippen molar-refractivity contribution in [3.63, 3.8) is 0 Å². The second-order valence-corrected chi connectivity index (χ2v) is 4.77. The maximum Gasteiger partial charge on any atom is 0.343 e. The fourth-order valence-corrected chi connectivity index (χ4v) is 2.07. The van der Waals surface area contributed by atoms with Crippen LogP contribution in [0, 0.1) is 5.92 Å². The summed E-state index contributed by atoms with van der Waals surface area (Å²) >= 11 is 0. The van der Waals surface area contributed by atoms with Gasteiger partial charge in [0, 0.05) is 30.9 Å². The van der Waals surface area contributed by atoms with Crippen molar-refractivity contribution in [2.45, 2.75) is 12.8 Å². The van der Waals surface area contributed by atoms with E-state index in [1.165, 1.54) is 7.11 Å². The van der Waals surface area contributed by atoms with Crippen LogP contribution in [0.1, 0.15) is 12.8 Å². The Balaban J connectivity index is 1.90. The minimum absolute atomic E-state index is 0.0107. The number of hydrogen-bond donors (Lipinski definition) is 1. The van der Waals surface area contributed by atoms with Gasteiger partial charge in [-0.15, -0.1) is 0 Å². The third-order valence-electron chi connectivity index (χ3n) is 3.28. The van der Waals surface area contributed by atoms with E-state index < -0.39 is 5.97 Å². The van der Waals surface area contributed by atoms with E-state index in [0.29, 0.717) is 24.7 Å². The maximum atomic E-state index is 12.1. The highest BCUT2D eigenvalue weighted by Gasteiger charge is 2.21. The number of anilines is 1. The molecule has 6 heteroatoms. The van der Waals surface area contributed by atoms with Gasteiger partial charge in [-0.25, -0.2) is 4.79 Å². The molecule has 1 saturated heterocycles. The highest BCUT2D eigenvalue weighted by Crippen LogP contribution is 2.20. The largest absolute Gasteiger partial charge is 0.482 e. The van der Waals surface area contributed by atoms with Gasteiger partial charge in [-0.05, 0) is 25.0 Å². The Morgan fingerprint density at radius 2 is 2.10 bits per heavy atom. The van der Waals surface area contributed by atoms with Crippen molar-refractivity contribution in [1.82, 2.24) is 0 Å². The lowest BCUT2D eigenvalue weighted by Gasteiger charge is -2.21. The topological polar surface area (TPSA) is 73.9 Å². The van der Waals surface area contributed by atoms with Gasteiger partial charge in [-0.3, -0.25) is 4.79 Å². The van der Waals surface area contributed by atoms with Crippen molar-refractivity contribution >= 4 is 17.6 Å². The molecule has 1 heterocycles. The molecule has 1 amide bonds. The molecule has 1 N–H and O–H groups in total. The van der Waals surface area contributed by atoms with E-state index in [1.54, 1.807) is 24.3 Å². The first-order valence-corrected chi connectivity index (χ1v) is 6.87. The number of hydrogen-bond acceptors (Lipinski definition) is 5. The molecule has 21 heavy (non-hydrogen) atoms. The fraction of sp³-hybridized carbons (Fsp3) is 0.467. The van der Waals surface area contributed by atoms with Gasteiger partial charge < -0.3 is 19.5 Å². The van der Waals surface area contributed by atoms with Crippen LogP contribution in [0.25, 0.3) is 0 Å². The van der Waals surface area contributed by atoms with Crippen LogP contribution < -0.4 is 10.1 Å². The Bertz CT molecular complexity index is 497. The Morgan fingerprint density at radius 1 is 1.33 bits per heavy atom. The lowest BCUT2D eigenvalue weighted by molar-refractivity contribution is -0.142. The predicted octanol–water partition coefficient (Wildman–Crippen LogP) is 1.60. The molecule has 1 fully saturated rings. The predicted molar refractivity (Wildman–Crippen MR) is 76.1 cm³/mol. The summed E-state index contributed by atoms with van der Waals surface area (Å²) in [5, 5.41) is 2.86. The molecule has 0 saturated carbocycles. The zero-order valence-electron chi connectivity index (χ0n) is 12.0. The Morgan fingerprint density at radius 3 is 2.81 bits per heavy atom. The molecule has 0 radical (unpaired) electrons. The monoisotopic (exact) mass is 293 g/mol. The number of ether oxygens (including phenoxy) is 3. The minimum atomic E-state index is -0.452. The molecular formula is C15H19NO5. The minimum Gasteiger partial charge on any atom is -0.482 e. The molecule has 1 aliphatic rings. The van der Waals surface area contributed by atoms with E-state index in [4.69, 9.17) is 9.47 Å². The van der Waals surface area contributed by atoms with Gasteiger partial charge in [0.15, 0.2) is 6.61 Å². The standard InChI is InChI=1S/C15H19NO5/c1-19-14(17)10-21-13-4-2-3-12(9-13)16-15(18)11-5-7-20-8-6-11/h2-4,9,11H,5-8,10H2,1H3,(H,16,18). The van der Waals surface area contributed by atoms with Gasteiger partial charge in [-0.2, -0.15) is 0 Å². The molecule has 0 spiro atoms. The zero-order valence-corrected chi connectivity index (χ0v) is 12.0. The van der Waals surface area contributed by atoms with Crippen molar-refractivity contribution in [2.24, 2.45) is 5.92 Å². The molecular weight excluding hydrogens is 274 g/mol. The van der Waals surface area contributed by atoms with Gasteiger partial charge in [-0.1, -0.05) is 6.07 Å². The molecule has 6 nitrogen and oxygen atoms in total. The number of benzene rings is 1. The number of amides is 1. The molecule has 0 aliphatic carbocycles. The van der Waals surface area contributed by atoms with Crippen LogP contribution in [-0.2, 0) is 19.1 Å². The van der Waals surface area contributed by atoms with Crippen LogP contribution in [0.3, 0.4) is 0 Å². The summed E-state index contributed by atoms with van der Waals surface area (Å²) in [7, 11) is 1.30. The lowest BCUT2D eigenvalue weighted by atomic mass is 9.99. The Labute approximate surface area is 123 Å². The number of esters is 1. The molecule has 0 unspecified atom stereocenters. The van der Waals surface area contributed by atoms with Crippen molar-refractivity contribution in [2.75, 3.05) is 32.2 Å². The summed E-state index contributed by atoms with van der Waals surface area (Å²) < 4.78 is 15.0. The van der Waals surface area contributed by atoms with Crippen LogP contribution in [0.15, 0.2) is 24.3 Å². The quantitative estimate of drug-likeness (QED) is 0.835. The van der Waals surface area contributed by atoms with Gasteiger partial charge >= 0.3 is 5.97 Å². The Hall–Kier alpha value is -2.08. The molecule has 1 aromatic rings. The third kappa shape index (κ3) is 4.75. The van der Waals surface area contributed by atoms with Crippen molar-refractivity contribution < 1.29 is 23.8 Å². The van der Waals surface area contributed by atoms with Gasteiger partial charge in [0.05, 0.1) is 7.11 Å². The van der Waals surface area contributed by atoms with E-state index in [2.05, 4.69) is 10.1 Å². The summed E-state index contributed by atoms with van der Waals surface area (Å²) in [5.74, 6) is 0.0265. The first kappa shape index (κ1) is 15.3. The van der Waals surface area contributed by atoms with E-state index in [-0.39, 0.29) is 18.4 Å². The first-order valence-electron chi connectivity index (χ1n) is 6.87. The highest BCUT2D eigenvalue weighted by molar-refractivity contribution is 5.92. The smallest absolute Gasteiger partial charge is 0.343 e. The van der Waals surface area contributed by atoms with E-state index >= 15 is 0 Å².